The number of hydrogen-bond donors (Lipinski definition) is 0. The maximum absolute atomic E-state index is 11.5. The highest BCUT2D eigenvalue weighted by Gasteiger charge is 2.16. The van der Waals surface area contributed by atoms with Gasteiger partial charge in [-0.25, -0.2) is 0 Å². The van der Waals surface area contributed by atoms with Gasteiger partial charge in [0.05, 0.1) is 12.8 Å². The first kappa shape index (κ1) is 16.6. The summed E-state index contributed by atoms with van der Waals surface area (Å²) in [7, 11) is 1.60. The Morgan fingerprint density at radius 3 is 2.83 bits per heavy atom. The molecule has 24 heavy (non-hydrogen) atoms. The number of ketones is 1. The van der Waals surface area contributed by atoms with Crippen LogP contribution in [0.15, 0.2) is 47.6 Å². The van der Waals surface area contributed by atoms with Gasteiger partial charge in [-0.15, -0.1) is 0 Å². The Morgan fingerprint density at radius 2 is 2.04 bits per heavy atom. The molecule has 0 N–H and O–H groups in total. The molecule has 0 saturated heterocycles. The van der Waals surface area contributed by atoms with Gasteiger partial charge in [0.25, 0.3) is 0 Å². The number of Topliss-reactive ketones (excluding diaryl/α,β-unsaturated/α-hetero) is 1. The van der Waals surface area contributed by atoms with E-state index in [1.165, 1.54) is 5.56 Å². The summed E-state index contributed by atoms with van der Waals surface area (Å²) in [5, 5.41) is 4.33. The van der Waals surface area contributed by atoms with Gasteiger partial charge < -0.3 is 9.57 Å². The van der Waals surface area contributed by atoms with Gasteiger partial charge in [-0.3, -0.25) is 4.79 Å². The normalized spacial score (nSPS) is 15.0. The second kappa shape index (κ2) is 7.53. The molecule has 0 bridgehead atoms. The fourth-order valence-electron chi connectivity index (χ4n) is 2.63. The van der Waals surface area contributed by atoms with Crippen LogP contribution in [0.5, 0.6) is 5.75 Å². The number of fused-ring (bicyclic) bond motifs is 1. The quantitative estimate of drug-likeness (QED) is 0.608. The summed E-state index contributed by atoms with van der Waals surface area (Å²) in [6, 6.07) is 13.6. The maximum Gasteiger partial charge on any atom is 0.159 e. The van der Waals surface area contributed by atoms with Crippen molar-refractivity contribution >= 4 is 23.3 Å². The molecule has 1 heterocycles. The monoisotopic (exact) mass is 341 g/mol. The van der Waals surface area contributed by atoms with Gasteiger partial charge in [0.1, 0.15) is 12.4 Å². The number of thioether (sulfide) groups is 1. The van der Waals surface area contributed by atoms with E-state index in [2.05, 4.69) is 17.3 Å². The van der Waals surface area contributed by atoms with E-state index in [1.54, 1.807) is 32.2 Å². The summed E-state index contributed by atoms with van der Waals surface area (Å²) in [6.07, 6.45) is 0. The molecule has 0 atom stereocenters. The summed E-state index contributed by atoms with van der Waals surface area (Å²) >= 11 is 1.83. The fourth-order valence-corrected chi connectivity index (χ4v) is 3.60. The standard InChI is InChI=1S/C19H19NO3S/c1-13(21)14-7-8-19(22-2)16(9-14)10-23-20-18-12-24-11-15-5-3-4-6-17(15)18/h3-9H,10-12H2,1-2H3/b20-18+. The number of methoxy groups -OCH3 is 1. The van der Waals surface area contributed by atoms with Crippen molar-refractivity contribution in [2.24, 2.45) is 5.16 Å². The van der Waals surface area contributed by atoms with Crippen molar-refractivity contribution in [2.75, 3.05) is 12.9 Å². The summed E-state index contributed by atoms with van der Waals surface area (Å²) in [4.78, 5) is 17.1. The van der Waals surface area contributed by atoms with Crippen molar-refractivity contribution in [3.8, 4) is 5.75 Å². The molecule has 124 valence electrons. The van der Waals surface area contributed by atoms with Gasteiger partial charge in [-0.05, 0) is 30.7 Å². The van der Waals surface area contributed by atoms with Crippen molar-refractivity contribution in [2.45, 2.75) is 19.3 Å². The van der Waals surface area contributed by atoms with E-state index < -0.39 is 0 Å². The third-order valence-electron chi connectivity index (χ3n) is 3.91. The van der Waals surface area contributed by atoms with Gasteiger partial charge in [-0.1, -0.05) is 29.4 Å². The van der Waals surface area contributed by atoms with Crippen LogP contribution < -0.4 is 4.74 Å². The van der Waals surface area contributed by atoms with Gasteiger partial charge >= 0.3 is 0 Å². The van der Waals surface area contributed by atoms with Gasteiger partial charge in [0.15, 0.2) is 5.78 Å². The van der Waals surface area contributed by atoms with Crippen LogP contribution in [0.2, 0.25) is 0 Å². The van der Waals surface area contributed by atoms with E-state index in [4.69, 9.17) is 9.57 Å². The van der Waals surface area contributed by atoms with E-state index in [-0.39, 0.29) is 12.4 Å². The lowest BCUT2D eigenvalue weighted by Crippen LogP contribution is -2.13. The Morgan fingerprint density at radius 1 is 1.21 bits per heavy atom. The molecule has 0 saturated carbocycles. The van der Waals surface area contributed by atoms with Crippen molar-refractivity contribution < 1.29 is 14.4 Å². The van der Waals surface area contributed by atoms with Crippen LogP contribution in [-0.2, 0) is 17.2 Å². The van der Waals surface area contributed by atoms with Crippen molar-refractivity contribution in [3.05, 3.63) is 64.7 Å². The minimum absolute atomic E-state index is 0.0165. The molecule has 1 aliphatic heterocycles. The highest BCUT2D eigenvalue weighted by Crippen LogP contribution is 2.25. The second-order valence-corrected chi connectivity index (χ2v) is 6.53. The number of carbonyl (C=O) groups excluding carboxylic acids is 1. The molecule has 0 fully saturated rings. The second-order valence-electron chi connectivity index (χ2n) is 5.54. The number of nitrogens with zero attached hydrogens (tertiary/aromatic N) is 1. The van der Waals surface area contributed by atoms with Gasteiger partial charge in [0.2, 0.25) is 0 Å². The van der Waals surface area contributed by atoms with Crippen LogP contribution in [0.3, 0.4) is 0 Å². The van der Waals surface area contributed by atoms with Crippen LogP contribution in [0.25, 0.3) is 0 Å². The molecule has 0 radical (unpaired) electrons. The molecule has 0 aromatic heterocycles. The van der Waals surface area contributed by atoms with Crippen LogP contribution in [0.1, 0.15) is 34.0 Å². The van der Waals surface area contributed by atoms with Crippen LogP contribution >= 0.6 is 11.8 Å². The number of rotatable bonds is 5. The Kier molecular flexibility index (Phi) is 5.20. The molecule has 1 aliphatic rings. The molecule has 0 aliphatic carbocycles. The molecule has 4 nitrogen and oxygen atoms in total. The van der Waals surface area contributed by atoms with Crippen molar-refractivity contribution in [1.82, 2.24) is 0 Å². The summed E-state index contributed by atoms with van der Waals surface area (Å²) < 4.78 is 5.33. The largest absolute Gasteiger partial charge is 0.496 e. The van der Waals surface area contributed by atoms with E-state index in [0.717, 1.165) is 28.3 Å². The minimum atomic E-state index is 0.0165. The maximum atomic E-state index is 11.5. The number of ether oxygens (including phenoxy) is 1. The number of benzene rings is 2. The molecule has 0 spiro atoms. The lowest BCUT2D eigenvalue weighted by molar-refractivity contribution is 0.101. The number of hydrogen-bond acceptors (Lipinski definition) is 5. The lowest BCUT2D eigenvalue weighted by Gasteiger charge is -2.17. The van der Waals surface area contributed by atoms with E-state index in [0.29, 0.717) is 11.3 Å². The predicted octanol–water partition coefficient (Wildman–Crippen LogP) is 4.07. The molecule has 0 amide bonds. The highest BCUT2D eigenvalue weighted by molar-refractivity contribution is 7.99. The van der Waals surface area contributed by atoms with E-state index in [9.17, 15) is 4.79 Å². The van der Waals surface area contributed by atoms with Crippen LogP contribution in [0.4, 0.5) is 0 Å². The third-order valence-corrected chi connectivity index (χ3v) is 4.90. The first-order valence-electron chi connectivity index (χ1n) is 7.71. The molecule has 2 aromatic rings. The van der Waals surface area contributed by atoms with E-state index >= 15 is 0 Å². The first-order valence-corrected chi connectivity index (χ1v) is 8.87. The zero-order valence-corrected chi connectivity index (χ0v) is 14.6. The Labute approximate surface area is 145 Å². The van der Waals surface area contributed by atoms with Crippen LogP contribution in [-0.4, -0.2) is 24.4 Å². The Bertz CT molecular complexity index is 786. The fraction of sp³-hybridized carbons (Fsp3) is 0.263. The summed E-state index contributed by atoms with van der Waals surface area (Å²) in [5.41, 5.74) is 4.84. The summed E-state index contributed by atoms with van der Waals surface area (Å²) in [5.74, 6) is 2.55. The van der Waals surface area contributed by atoms with Crippen molar-refractivity contribution in [3.63, 3.8) is 0 Å². The smallest absolute Gasteiger partial charge is 0.159 e. The minimum Gasteiger partial charge on any atom is -0.496 e. The number of carbonyl (C=O) groups is 1. The number of oxime groups is 1. The zero-order chi connectivity index (χ0) is 16.9. The van der Waals surface area contributed by atoms with Crippen LogP contribution in [0, 0.1) is 0 Å². The first-order chi connectivity index (χ1) is 11.7. The molecular formula is C19H19NO3S. The Balaban J connectivity index is 1.77. The molecule has 3 rings (SSSR count). The summed E-state index contributed by atoms with van der Waals surface area (Å²) in [6.45, 7) is 1.81. The molecule has 0 unspecified atom stereocenters. The zero-order valence-electron chi connectivity index (χ0n) is 13.7. The lowest BCUT2D eigenvalue weighted by atomic mass is 10.1. The van der Waals surface area contributed by atoms with E-state index in [1.807, 2.05) is 23.9 Å². The SMILES string of the molecule is COc1ccc(C(C)=O)cc1CO/N=C1\CSCc2ccccc21. The predicted molar refractivity (Wildman–Crippen MR) is 96.9 cm³/mol. The average molecular weight is 341 g/mol. The molecule has 5 heteroatoms. The van der Waals surface area contributed by atoms with Gasteiger partial charge in [-0.2, -0.15) is 11.8 Å². The average Bonchev–Trinajstić information content (AvgIpc) is 2.61. The molecule has 2 aromatic carbocycles. The van der Waals surface area contributed by atoms with Crippen molar-refractivity contribution in [1.29, 1.82) is 0 Å². The third kappa shape index (κ3) is 3.62. The Hall–Kier alpha value is -2.27. The topological polar surface area (TPSA) is 47.9 Å². The van der Waals surface area contributed by atoms with Gasteiger partial charge in [0, 0.05) is 28.2 Å². The highest BCUT2D eigenvalue weighted by atomic mass is 32.2. The molecular weight excluding hydrogens is 322 g/mol.